The van der Waals surface area contributed by atoms with E-state index < -0.39 is 10.0 Å². The second-order valence-electron chi connectivity index (χ2n) is 8.54. The van der Waals surface area contributed by atoms with Gasteiger partial charge in [-0.05, 0) is 66.6 Å². The highest BCUT2D eigenvalue weighted by atomic mass is 32.2. The van der Waals surface area contributed by atoms with E-state index in [0.29, 0.717) is 36.9 Å². The second kappa shape index (κ2) is 12.8. The number of nitrogens with one attached hydrogen (secondary N) is 1. The fourth-order valence-corrected chi connectivity index (χ4v) is 4.85. The molecule has 0 saturated carbocycles. The van der Waals surface area contributed by atoms with Gasteiger partial charge >= 0.3 is 0 Å². The Morgan fingerprint density at radius 2 is 1.21 bits per heavy atom. The summed E-state index contributed by atoms with van der Waals surface area (Å²) in [7, 11) is -3.79. The highest BCUT2D eigenvalue weighted by Crippen LogP contribution is 2.22. The SMILES string of the molecule is CCOc1ccc(NS(=O)(=O)c2ccc(OCC(=O)N(Cc3ccccc3)Cc3ccccc3)cc2)cc1. The van der Waals surface area contributed by atoms with Gasteiger partial charge in [0.15, 0.2) is 6.61 Å². The Morgan fingerprint density at radius 1 is 0.711 bits per heavy atom. The number of carbonyl (C=O) groups excluding carboxylic acids is 1. The van der Waals surface area contributed by atoms with Crippen LogP contribution in [0.3, 0.4) is 0 Å². The lowest BCUT2D eigenvalue weighted by Gasteiger charge is -2.23. The molecule has 0 unspecified atom stereocenters. The van der Waals surface area contributed by atoms with E-state index in [0.717, 1.165) is 11.1 Å². The molecule has 0 spiro atoms. The van der Waals surface area contributed by atoms with Crippen molar-refractivity contribution < 1.29 is 22.7 Å². The lowest BCUT2D eigenvalue weighted by Crippen LogP contribution is -2.34. The molecule has 0 radical (unpaired) electrons. The van der Waals surface area contributed by atoms with Crippen LogP contribution < -0.4 is 14.2 Å². The van der Waals surface area contributed by atoms with Gasteiger partial charge in [-0.25, -0.2) is 8.42 Å². The molecule has 38 heavy (non-hydrogen) atoms. The first-order valence-electron chi connectivity index (χ1n) is 12.3. The zero-order valence-corrected chi connectivity index (χ0v) is 21.9. The van der Waals surface area contributed by atoms with Gasteiger partial charge in [0.2, 0.25) is 0 Å². The average Bonchev–Trinajstić information content (AvgIpc) is 2.94. The van der Waals surface area contributed by atoms with Crippen molar-refractivity contribution in [2.75, 3.05) is 17.9 Å². The molecule has 196 valence electrons. The first-order valence-corrected chi connectivity index (χ1v) is 13.8. The molecule has 0 aliphatic heterocycles. The number of hydrogen-bond donors (Lipinski definition) is 1. The Hall–Kier alpha value is -4.30. The first-order chi connectivity index (χ1) is 18.4. The van der Waals surface area contributed by atoms with Crippen molar-refractivity contribution in [3.8, 4) is 11.5 Å². The number of sulfonamides is 1. The van der Waals surface area contributed by atoms with E-state index in [2.05, 4.69) is 4.72 Å². The number of rotatable bonds is 12. The van der Waals surface area contributed by atoms with Crippen molar-refractivity contribution in [1.29, 1.82) is 0 Å². The van der Waals surface area contributed by atoms with Gasteiger partial charge in [-0.1, -0.05) is 60.7 Å². The largest absolute Gasteiger partial charge is 0.494 e. The van der Waals surface area contributed by atoms with Crippen LogP contribution in [0.4, 0.5) is 5.69 Å². The molecule has 0 atom stereocenters. The van der Waals surface area contributed by atoms with Crippen LogP contribution in [-0.4, -0.2) is 32.4 Å². The maximum Gasteiger partial charge on any atom is 0.261 e. The number of anilines is 1. The number of nitrogens with zero attached hydrogens (tertiary/aromatic N) is 1. The predicted molar refractivity (Wildman–Crippen MR) is 147 cm³/mol. The van der Waals surface area contributed by atoms with Crippen molar-refractivity contribution in [1.82, 2.24) is 4.90 Å². The molecule has 0 aliphatic rings. The minimum Gasteiger partial charge on any atom is -0.494 e. The monoisotopic (exact) mass is 530 g/mol. The predicted octanol–water partition coefficient (Wildman–Crippen LogP) is 5.49. The Morgan fingerprint density at radius 3 is 1.74 bits per heavy atom. The first kappa shape index (κ1) is 26.8. The van der Waals surface area contributed by atoms with E-state index in [4.69, 9.17) is 9.47 Å². The zero-order valence-electron chi connectivity index (χ0n) is 21.1. The van der Waals surface area contributed by atoms with Crippen LogP contribution in [0, 0.1) is 0 Å². The lowest BCUT2D eigenvalue weighted by atomic mass is 10.1. The minimum absolute atomic E-state index is 0.0832. The molecular formula is C30H30N2O5S. The summed E-state index contributed by atoms with van der Waals surface area (Å²) in [5.41, 5.74) is 2.47. The van der Waals surface area contributed by atoms with Gasteiger partial charge in [0.1, 0.15) is 11.5 Å². The molecule has 0 heterocycles. The molecule has 4 aromatic carbocycles. The summed E-state index contributed by atoms with van der Waals surface area (Å²) in [6.45, 7) is 3.14. The summed E-state index contributed by atoms with van der Waals surface area (Å²) in [6.07, 6.45) is 0. The standard InChI is InChI=1S/C30H30N2O5S/c1-2-36-27-15-13-26(14-16-27)31-38(34,35)29-19-17-28(18-20-29)37-23-30(33)32(21-24-9-5-3-6-10-24)22-25-11-7-4-8-12-25/h3-20,31H,2,21-23H2,1H3. The Labute approximate surface area is 223 Å². The van der Waals surface area contributed by atoms with Gasteiger partial charge in [-0.15, -0.1) is 0 Å². The lowest BCUT2D eigenvalue weighted by molar-refractivity contribution is -0.134. The van der Waals surface area contributed by atoms with E-state index in [1.807, 2.05) is 67.6 Å². The van der Waals surface area contributed by atoms with Gasteiger partial charge < -0.3 is 14.4 Å². The molecule has 8 heteroatoms. The molecule has 0 aromatic heterocycles. The smallest absolute Gasteiger partial charge is 0.261 e. The van der Waals surface area contributed by atoms with Crippen molar-refractivity contribution in [3.05, 3.63) is 120 Å². The topological polar surface area (TPSA) is 84.9 Å². The Bertz CT molecular complexity index is 1370. The molecule has 1 amide bonds. The molecule has 0 bridgehead atoms. The van der Waals surface area contributed by atoms with E-state index in [9.17, 15) is 13.2 Å². The third kappa shape index (κ3) is 7.60. The third-order valence-electron chi connectivity index (χ3n) is 5.70. The van der Waals surface area contributed by atoms with Crippen LogP contribution in [-0.2, 0) is 27.9 Å². The maximum atomic E-state index is 13.1. The van der Waals surface area contributed by atoms with Crippen molar-refractivity contribution >= 4 is 21.6 Å². The van der Waals surface area contributed by atoms with Crippen molar-refractivity contribution in [2.45, 2.75) is 24.9 Å². The van der Waals surface area contributed by atoms with Crippen LogP contribution >= 0.6 is 0 Å². The van der Waals surface area contributed by atoms with E-state index in [-0.39, 0.29) is 17.4 Å². The van der Waals surface area contributed by atoms with E-state index in [1.165, 1.54) is 12.1 Å². The highest BCUT2D eigenvalue weighted by Gasteiger charge is 2.17. The highest BCUT2D eigenvalue weighted by molar-refractivity contribution is 7.92. The summed E-state index contributed by atoms with van der Waals surface area (Å²) in [4.78, 5) is 14.9. The third-order valence-corrected chi connectivity index (χ3v) is 7.10. The van der Waals surface area contributed by atoms with E-state index >= 15 is 0 Å². The van der Waals surface area contributed by atoms with Gasteiger partial charge in [-0.3, -0.25) is 9.52 Å². The van der Waals surface area contributed by atoms with E-state index in [1.54, 1.807) is 41.3 Å². The summed E-state index contributed by atoms with van der Waals surface area (Å²) in [6, 6.07) is 32.2. The molecule has 4 aromatic rings. The molecule has 1 N–H and O–H groups in total. The van der Waals surface area contributed by atoms with Gasteiger partial charge in [0.05, 0.1) is 11.5 Å². The summed E-state index contributed by atoms with van der Waals surface area (Å²) >= 11 is 0. The summed E-state index contributed by atoms with van der Waals surface area (Å²) in [5, 5.41) is 0. The molecule has 7 nitrogen and oxygen atoms in total. The molecule has 0 aliphatic carbocycles. The van der Waals surface area contributed by atoms with Crippen molar-refractivity contribution in [2.24, 2.45) is 0 Å². The fraction of sp³-hybridized carbons (Fsp3) is 0.167. The molecule has 0 fully saturated rings. The number of hydrogen-bond acceptors (Lipinski definition) is 5. The molecule has 0 saturated heterocycles. The fourth-order valence-electron chi connectivity index (χ4n) is 3.79. The van der Waals surface area contributed by atoms with Crippen LogP contribution in [0.2, 0.25) is 0 Å². The number of carbonyl (C=O) groups is 1. The summed E-state index contributed by atoms with van der Waals surface area (Å²) < 4.78 is 39.2. The zero-order chi connectivity index (χ0) is 26.8. The van der Waals surface area contributed by atoms with Gasteiger partial charge in [-0.2, -0.15) is 0 Å². The quantitative estimate of drug-likeness (QED) is 0.262. The summed E-state index contributed by atoms with van der Waals surface area (Å²) in [5.74, 6) is 0.891. The van der Waals surface area contributed by atoms with Gasteiger partial charge in [0, 0.05) is 18.8 Å². The molecule has 4 rings (SSSR count). The molecular weight excluding hydrogens is 500 g/mol. The Balaban J connectivity index is 1.38. The van der Waals surface area contributed by atoms with Crippen LogP contribution in [0.1, 0.15) is 18.1 Å². The van der Waals surface area contributed by atoms with Gasteiger partial charge in [0.25, 0.3) is 15.9 Å². The van der Waals surface area contributed by atoms with Crippen LogP contribution in [0.5, 0.6) is 11.5 Å². The number of amides is 1. The average molecular weight is 531 g/mol. The van der Waals surface area contributed by atoms with Crippen LogP contribution in [0.15, 0.2) is 114 Å². The van der Waals surface area contributed by atoms with Crippen LogP contribution in [0.25, 0.3) is 0 Å². The number of benzene rings is 4. The normalized spacial score (nSPS) is 11.0. The minimum atomic E-state index is -3.79. The second-order valence-corrected chi connectivity index (χ2v) is 10.2. The number of ether oxygens (including phenoxy) is 2. The Kier molecular flexibility index (Phi) is 9.00. The maximum absolute atomic E-state index is 13.1. The van der Waals surface area contributed by atoms with Crippen molar-refractivity contribution in [3.63, 3.8) is 0 Å².